The van der Waals surface area contributed by atoms with Crippen LogP contribution in [0.25, 0.3) is 105 Å². The van der Waals surface area contributed by atoms with Gasteiger partial charge in [-0.15, -0.1) is 0 Å². The van der Waals surface area contributed by atoms with E-state index in [9.17, 15) is 0 Å². The average Bonchev–Trinajstić information content (AvgIpc) is 3.82. The third kappa shape index (κ3) is 5.51. The topological polar surface area (TPSA) is 18.1 Å². The summed E-state index contributed by atoms with van der Waals surface area (Å²) < 4.78 is 8.59. The Morgan fingerprint density at radius 3 is 1.30 bits per heavy atom. The molecule has 0 aliphatic rings. The first-order valence-electron chi connectivity index (χ1n) is 19.2. The van der Waals surface area contributed by atoms with Crippen LogP contribution >= 0.6 is 0 Å². The zero-order chi connectivity index (χ0) is 37.0. The van der Waals surface area contributed by atoms with Crippen LogP contribution in [0.15, 0.2) is 217 Å². The quantitative estimate of drug-likeness (QED) is 0.168. The molecule has 0 fully saturated rings. The fourth-order valence-electron chi connectivity index (χ4n) is 8.38. The first-order chi connectivity index (χ1) is 27.7. The highest BCUT2D eigenvalue weighted by Crippen LogP contribution is 2.39. The second kappa shape index (κ2) is 13.2. The molecule has 11 rings (SSSR count). The molecule has 0 aliphatic heterocycles. The van der Waals surface area contributed by atoms with E-state index in [0.29, 0.717) is 0 Å². The van der Waals surface area contributed by atoms with Gasteiger partial charge in [-0.05, 0) is 110 Å². The Balaban J connectivity index is 1.07. The van der Waals surface area contributed by atoms with Gasteiger partial charge < -0.3 is 8.98 Å². The van der Waals surface area contributed by atoms with E-state index in [1.165, 1.54) is 77.4 Å². The molecule has 0 bridgehead atoms. The molecule has 0 radical (unpaired) electrons. The Labute approximate surface area is 325 Å². The summed E-state index contributed by atoms with van der Waals surface area (Å²) in [6.45, 7) is 0. The minimum absolute atomic E-state index is 0.910. The predicted octanol–water partition coefficient (Wildman–Crippen LogP) is 15.0. The lowest BCUT2D eigenvalue weighted by Crippen LogP contribution is -1.96. The number of benzene rings is 9. The lowest BCUT2D eigenvalue weighted by Gasteiger charge is -2.15. The van der Waals surface area contributed by atoms with Crippen LogP contribution in [0.2, 0.25) is 0 Å². The fraction of sp³-hybridized carbons (Fsp3) is 0. The first-order valence-corrected chi connectivity index (χ1v) is 19.2. The van der Waals surface area contributed by atoms with Gasteiger partial charge in [0.05, 0.1) is 11.0 Å². The van der Waals surface area contributed by atoms with Gasteiger partial charge in [0, 0.05) is 27.2 Å². The molecule has 2 heteroatoms. The zero-order valence-electron chi connectivity index (χ0n) is 30.6. The number of furan rings is 1. The monoisotopic (exact) mass is 713 g/mol. The highest BCUT2D eigenvalue weighted by molar-refractivity contribution is 6.11. The van der Waals surface area contributed by atoms with Crippen molar-refractivity contribution < 1.29 is 4.42 Å². The number of fused-ring (bicyclic) bond motifs is 6. The summed E-state index contributed by atoms with van der Waals surface area (Å²) in [5.41, 5.74) is 17.2. The second-order valence-corrected chi connectivity index (χ2v) is 14.5. The molecule has 0 unspecified atom stereocenters. The molecule has 56 heavy (non-hydrogen) atoms. The fourth-order valence-corrected chi connectivity index (χ4v) is 8.38. The van der Waals surface area contributed by atoms with Gasteiger partial charge in [-0.3, -0.25) is 0 Å². The standard InChI is InChI=1S/C54H35NO/c1-3-11-36(12-4-1)38-19-23-40(24-20-38)44-31-45(41-25-21-39(22-26-41)37-13-5-2-6-14-37)33-46(32-44)55-51-17-9-7-15-47(51)49-34-42(27-29-52(49)55)43-28-30-54-50(35-43)48-16-8-10-18-53(48)56-54/h1-35H. The predicted molar refractivity (Wildman–Crippen MR) is 235 cm³/mol. The Hall–Kier alpha value is -7.42. The Morgan fingerprint density at radius 2 is 0.679 bits per heavy atom. The first kappa shape index (κ1) is 32.0. The molecule has 0 N–H and O–H groups in total. The lowest BCUT2D eigenvalue weighted by molar-refractivity contribution is 0.669. The maximum absolute atomic E-state index is 6.16. The van der Waals surface area contributed by atoms with Gasteiger partial charge in [-0.2, -0.15) is 0 Å². The van der Waals surface area contributed by atoms with E-state index in [2.05, 4.69) is 205 Å². The van der Waals surface area contributed by atoms with Crippen LogP contribution in [-0.4, -0.2) is 4.57 Å². The van der Waals surface area contributed by atoms with Gasteiger partial charge in [0.25, 0.3) is 0 Å². The molecule has 0 aliphatic carbocycles. The van der Waals surface area contributed by atoms with Gasteiger partial charge in [0.2, 0.25) is 0 Å². The van der Waals surface area contributed by atoms with Gasteiger partial charge in [-0.25, -0.2) is 0 Å². The average molecular weight is 714 g/mol. The molecule has 0 amide bonds. The summed E-state index contributed by atoms with van der Waals surface area (Å²) >= 11 is 0. The maximum Gasteiger partial charge on any atom is 0.135 e. The molecule has 262 valence electrons. The minimum atomic E-state index is 0.910. The molecule has 11 aromatic rings. The van der Waals surface area contributed by atoms with Gasteiger partial charge in [-0.1, -0.05) is 158 Å². The molecule has 0 saturated carbocycles. The third-order valence-electron chi connectivity index (χ3n) is 11.2. The Kier molecular flexibility index (Phi) is 7.53. The van der Waals surface area contributed by atoms with Gasteiger partial charge in [0.1, 0.15) is 11.2 Å². The van der Waals surface area contributed by atoms with Crippen LogP contribution < -0.4 is 0 Å². The number of hydrogen-bond acceptors (Lipinski definition) is 1. The molecular weight excluding hydrogens is 679 g/mol. The second-order valence-electron chi connectivity index (χ2n) is 14.5. The van der Waals surface area contributed by atoms with E-state index in [-0.39, 0.29) is 0 Å². The number of rotatable bonds is 6. The molecule has 0 spiro atoms. The zero-order valence-corrected chi connectivity index (χ0v) is 30.6. The summed E-state index contributed by atoms with van der Waals surface area (Å²) in [6, 6.07) is 76.6. The Bertz CT molecular complexity index is 3100. The number of aromatic nitrogens is 1. The smallest absolute Gasteiger partial charge is 0.135 e. The number of nitrogens with zero attached hydrogens (tertiary/aromatic N) is 1. The van der Waals surface area contributed by atoms with Crippen molar-refractivity contribution in [3.05, 3.63) is 212 Å². The SMILES string of the molecule is c1ccc(-c2ccc(-c3cc(-c4ccc(-c5ccccc5)cc4)cc(-n4c5ccccc5c5cc(-c6ccc7oc8ccccc8c7c6)ccc54)c3)cc2)cc1. The van der Waals surface area contributed by atoms with E-state index in [1.807, 2.05) is 12.1 Å². The van der Waals surface area contributed by atoms with E-state index in [0.717, 1.165) is 27.6 Å². The summed E-state index contributed by atoms with van der Waals surface area (Å²) in [7, 11) is 0. The van der Waals surface area contributed by atoms with Crippen LogP contribution in [0.5, 0.6) is 0 Å². The highest BCUT2D eigenvalue weighted by Gasteiger charge is 2.17. The van der Waals surface area contributed by atoms with Crippen molar-refractivity contribution in [3.63, 3.8) is 0 Å². The van der Waals surface area contributed by atoms with Crippen molar-refractivity contribution in [3.8, 4) is 61.3 Å². The van der Waals surface area contributed by atoms with Crippen molar-refractivity contribution in [2.75, 3.05) is 0 Å². The largest absolute Gasteiger partial charge is 0.456 e. The van der Waals surface area contributed by atoms with E-state index in [4.69, 9.17) is 4.42 Å². The van der Waals surface area contributed by atoms with E-state index >= 15 is 0 Å². The molecule has 0 atom stereocenters. The van der Waals surface area contributed by atoms with Gasteiger partial charge >= 0.3 is 0 Å². The molecule has 2 aromatic heterocycles. The summed E-state index contributed by atoms with van der Waals surface area (Å²) in [5, 5.41) is 4.73. The lowest BCUT2D eigenvalue weighted by atomic mass is 9.95. The van der Waals surface area contributed by atoms with Crippen LogP contribution in [0.3, 0.4) is 0 Å². The van der Waals surface area contributed by atoms with E-state index in [1.54, 1.807) is 0 Å². The summed E-state index contributed by atoms with van der Waals surface area (Å²) in [4.78, 5) is 0. The molecule has 9 aromatic carbocycles. The van der Waals surface area contributed by atoms with Crippen LogP contribution in [0.4, 0.5) is 0 Å². The van der Waals surface area contributed by atoms with Crippen molar-refractivity contribution in [2.45, 2.75) is 0 Å². The highest BCUT2D eigenvalue weighted by atomic mass is 16.3. The Morgan fingerprint density at radius 1 is 0.250 bits per heavy atom. The number of hydrogen-bond donors (Lipinski definition) is 0. The molecule has 2 nitrogen and oxygen atoms in total. The van der Waals surface area contributed by atoms with Crippen LogP contribution in [0.1, 0.15) is 0 Å². The third-order valence-corrected chi connectivity index (χ3v) is 11.2. The van der Waals surface area contributed by atoms with Crippen molar-refractivity contribution in [1.29, 1.82) is 0 Å². The van der Waals surface area contributed by atoms with Crippen LogP contribution in [0, 0.1) is 0 Å². The summed E-state index contributed by atoms with van der Waals surface area (Å²) in [5.74, 6) is 0. The molecule has 0 saturated heterocycles. The van der Waals surface area contributed by atoms with Gasteiger partial charge in [0.15, 0.2) is 0 Å². The minimum Gasteiger partial charge on any atom is -0.456 e. The van der Waals surface area contributed by atoms with Crippen molar-refractivity contribution in [1.82, 2.24) is 4.57 Å². The molecular formula is C54H35NO. The number of para-hydroxylation sites is 2. The van der Waals surface area contributed by atoms with Crippen LogP contribution in [-0.2, 0) is 0 Å². The van der Waals surface area contributed by atoms with Crippen molar-refractivity contribution in [2.24, 2.45) is 0 Å². The van der Waals surface area contributed by atoms with Crippen molar-refractivity contribution >= 4 is 43.7 Å². The van der Waals surface area contributed by atoms with E-state index < -0.39 is 0 Å². The molecule has 2 heterocycles. The maximum atomic E-state index is 6.16. The summed E-state index contributed by atoms with van der Waals surface area (Å²) in [6.07, 6.45) is 0. The normalized spacial score (nSPS) is 11.6.